The van der Waals surface area contributed by atoms with E-state index in [4.69, 9.17) is 21.1 Å². The van der Waals surface area contributed by atoms with E-state index in [-0.39, 0.29) is 12.4 Å². The summed E-state index contributed by atoms with van der Waals surface area (Å²) in [6, 6.07) is 3.74. The Morgan fingerprint density at radius 1 is 1.35 bits per heavy atom. The van der Waals surface area contributed by atoms with E-state index in [0.717, 1.165) is 16.7 Å². The molecular weight excluding hydrogens is 240 g/mol. The van der Waals surface area contributed by atoms with Crippen LogP contribution in [0.15, 0.2) is 12.1 Å². The highest BCUT2D eigenvalue weighted by atomic mass is 35.5. The van der Waals surface area contributed by atoms with Crippen LogP contribution >= 0.6 is 11.6 Å². The topological polar surface area (TPSA) is 35.5 Å². The van der Waals surface area contributed by atoms with Crippen LogP contribution < -0.4 is 4.74 Å². The molecule has 0 saturated carbocycles. The molecule has 0 heterocycles. The van der Waals surface area contributed by atoms with Crippen molar-refractivity contribution in [1.82, 2.24) is 0 Å². The highest BCUT2D eigenvalue weighted by Gasteiger charge is 2.11. The molecule has 0 aromatic heterocycles. The Labute approximate surface area is 107 Å². The number of halogens is 1. The molecule has 0 aliphatic heterocycles. The van der Waals surface area contributed by atoms with Crippen LogP contribution in [0.1, 0.15) is 23.6 Å². The zero-order valence-corrected chi connectivity index (χ0v) is 11.1. The van der Waals surface area contributed by atoms with Crippen LogP contribution in [0, 0.1) is 6.92 Å². The first kappa shape index (κ1) is 13.8. The standard InChI is InChI=1S/C13H17ClO3/c1-4-17-13(15)7-10-5-12(16-3)6-11(8-14)9(10)2/h5-6H,4,7-8H2,1-3H3. The Kier molecular flexibility index (Phi) is 5.29. The van der Waals surface area contributed by atoms with E-state index in [9.17, 15) is 4.79 Å². The van der Waals surface area contributed by atoms with E-state index in [1.807, 2.05) is 19.1 Å². The molecule has 0 bridgehead atoms. The van der Waals surface area contributed by atoms with Crippen LogP contribution in [0.3, 0.4) is 0 Å². The minimum absolute atomic E-state index is 0.232. The van der Waals surface area contributed by atoms with E-state index >= 15 is 0 Å². The fraction of sp³-hybridized carbons (Fsp3) is 0.462. The van der Waals surface area contributed by atoms with Gasteiger partial charge in [0.15, 0.2) is 0 Å². The maximum atomic E-state index is 11.5. The molecule has 94 valence electrons. The highest BCUT2D eigenvalue weighted by molar-refractivity contribution is 6.17. The lowest BCUT2D eigenvalue weighted by Gasteiger charge is -2.12. The summed E-state index contributed by atoms with van der Waals surface area (Å²) in [5.74, 6) is 0.883. The number of hydrogen-bond donors (Lipinski definition) is 0. The summed E-state index contributed by atoms with van der Waals surface area (Å²) >= 11 is 5.86. The first-order valence-corrected chi connectivity index (χ1v) is 6.03. The van der Waals surface area contributed by atoms with Crippen molar-refractivity contribution < 1.29 is 14.3 Å². The molecule has 0 unspecified atom stereocenters. The molecule has 0 spiro atoms. The summed E-state index contributed by atoms with van der Waals surface area (Å²) < 4.78 is 10.1. The van der Waals surface area contributed by atoms with Crippen molar-refractivity contribution in [3.05, 3.63) is 28.8 Å². The van der Waals surface area contributed by atoms with Crippen LogP contribution in [-0.2, 0) is 21.8 Å². The van der Waals surface area contributed by atoms with Crippen molar-refractivity contribution in [3.63, 3.8) is 0 Å². The molecule has 0 atom stereocenters. The predicted octanol–water partition coefficient (Wildman–Crippen LogP) is 2.85. The number of ether oxygens (including phenoxy) is 2. The second-order valence-corrected chi connectivity index (χ2v) is 3.95. The van der Waals surface area contributed by atoms with Crippen molar-refractivity contribution in [3.8, 4) is 5.75 Å². The van der Waals surface area contributed by atoms with Crippen molar-refractivity contribution >= 4 is 17.6 Å². The third-order valence-corrected chi connectivity index (χ3v) is 2.90. The van der Waals surface area contributed by atoms with E-state index in [1.165, 1.54) is 0 Å². The maximum Gasteiger partial charge on any atom is 0.310 e. The number of carbonyl (C=O) groups excluding carboxylic acids is 1. The largest absolute Gasteiger partial charge is 0.497 e. The number of carbonyl (C=O) groups is 1. The lowest BCUT2D eigenvalue weighted by atomic mass is 10.0. The SMILES string of the molecule is CCOC(=O)Cc1cc(OC)cc(CCl)c1C. The molecule has 17 heavy (non-hydrogen) atoms. The molecule has 0 saturated heterocycles. The molecule has 0 N–H and O–H groups in total. The first-order chi connectivity index (χ1) is 8.12. The fourth-order valence-electron chi connectivity index (χ4n) is 1.62. The van der Waals surface area contributed by atoms with E-state index in [2.05, 4.69) is 0 Å². The maximum absolute atomic E-state index is 11.5. The molecular formula is C13H17ClO3. The van der Waals surface area contributed by atoms with Gasteiger partial charge < -0.3 is 9.47 Å². The normalized spacial score (nSPS) is 10.1. The molecule has 0 fully saturated rings. The summed E-state index contributed by atoms with van der Waals surface area (Å²) in [5, 5.41) is 0. The van der Waals surface area contributed by atoms with Gasteiger partial charge in [-0.05, 0) is 42.7 Å². The van der Waals surface area contributed by atoms with Gasteiger partial charge in [0.1, 0.15) is 5.75 Å². The van der Waals surface area contributed by atoms with Crippen LogP contribution in [0.4, 0.5) is 0 Å². The second kappa shape index (κ2) is 6.50. The number of rotatable bonds is 5. The minimum Gasteiger partial charge on any atom is -0.497 e. The van der Waals surface area contributed by atoms with Crippen LogP contribution in [0.5, 0.6) is 5.75 Å². The van der Waals surface area contributed by atoms with E-state index in [0.29, 0.717) is 18.2 Å². The Morgan fingerprint density at radius 3 is 2.53 bits per heavy atom. The summed E-state index contributed by atoms with van der Waals surface area (Å²) in [6.07, 6.45) is 0.251. The molecule has 0 aliphatic rings. The minimum atomic E-state index is -0.232. The molecule has 4 heteroatoms. The molecule has 0 radical (unpaired) electrons. The van der Waals surface area contributed by atoms with E-state index in [1.54, 1.807) is 14.0 Å². The van der Waals surface area contributed by atoms with E-state index < -0.39 is 0 Å². The van der Waals surface area contributed by atoms with Gasteiger partial charge in [-0.1, -0.05) is 0 Å². The first-order valence-electron chi connectivity index (χ1n) is 5.50. The number of esters is 1. The number of alkyl halides is 1. The molecule has 0 amide bonds. The monoisotopic (exact) mass is 256 g/mol. The van der Waals surface area contributed by atoms with Gasteiger partial charge in [-0.2, -0.15) is 0 Å². The second-order valence-electron chi connectivity index (χ2n) is 3.69. The van der Waals surface area contributed by atoms with Gasteiger partial charge in [0.05, 0.1) is 20.1 Å². The van der Waals surface area contributed by atoms with Crippen LogP contribution in [0.2, 0.25) is 0 Å². The Bertz CT molecular complexity index is 402. The zero-order valence-electron chi connectivity index (χ0n) is 10.4. The number of benzene rings is 1. The highest BCUT2D eigenvalue weighted by Crippen LogP contribution is 2.24. The smallest absolute Gasteiger partial charge is 0.310 e. The average Bonchev–Trinajstić information content (AvgIpc) is 2.32. The third kappa shape index (κ3) is 3.63. The van der Waals surface area contributed by atoms with Crippen molar-refractivity contribution in [2.75, 3.05) is 13.7 Å². The van der Waals surface area contributed by atoms with Gasteiger partial charge in [-0.15, -0.1) is 11.6 Å². The molecule has 1 aromatic carbocycles. The summed E-state index contributed by atoms with van der Waals surface area (Å²) in [7, 11) is 1.59. The molecule has 3 nitrogen and oxygen atoms in total. The summed E-state index contributed by atoms with van der Waals surface area (Å²) in [5.41, 5.74) is 2.90. The quantitative estimate of drug-likeness (QED) is 0.600. The van der Waals surface area contributed by atoms with Crippen LogP contribution in [0.25, 0.3) is 0 Å². The zero-order chi connectivity index (χ0) is 12.8. The summed E-state index contributed by atoms with van der Waals surface area (Å²) in [6.45, 7) is 4.14. The Morgan fingerprint density at radius 2 is 2.00 bits per heavy atom. The number of hydrogen-bond acceptors (Lipinski definition) is 3. The Balaban J connectivity index is 3.00. The van der Waals surface area contributed by atoms with Gasteiger partial charge >= 0.3 is 5.97 Å². The van der Waals surface area contributed by atoms with Crippen molar-refractivity contribution in [1.29, 1.82) is 0 Å². The molecule has 1 aromatic rings. The van der Waals surface area contributed by atoms with Gasteiger partial charge in [-0.25, -0.2) is 0 Å². The average molecular weight is 257 g/mol. The lowest BCUT2D eigenvalue weighted by molar-refractivity contribution is -0.142. The third-order valence-electron chi connectivity index (χ3n) is 2.62. The summed E-state index contributed by atoms with van der Waals surface area (Å²) in [4.78, 5) is 11.5. The van der Waals surface area contributed by atoms with Crippen molar-refractivity contribution in [2.24, 2.45) is 0 Å². The predicted molar refractivity (Wildman–Crippen MR) is 67.6 cm³/mol. The Hall–Kier alpha value is -1.22. The molecule has 0 aliphatic carbocycles. The van der Waals surface area contributed by atoms with Gasteiger partial charge in [0, 0.05) is 5.88 Å². The van der Waals surface area contributed by atoms with Crippen molar-refractivity contribution in [2.45, 2.75) is 26.1 Å². The van der Waals surface area contributed by atoms with Crippen LogP contribution in [-0.4, -0.2) is 19.7 Å². The van der Waals surface area contributed by atoms with Gasteiger partial charge in [0.25, 0.3) is 0 Å². The molecule has 1 rings (SSSR count). The van der Waals surface area contributed by atoms with Gasteiger partial charge in [0.2, 0.25) is 0 Å². The lowest BCUT2D eigenvalue weighted by Crippen LogP contribution is -2.09. The van der Waals surface area contributed by atoms with Gasteiger partial charge in [-0.3, -0.25) is 4.79 Å². The number of methoxy groups -OCH3 is 1. The fourth-order valence-corrected chi connectivity index (χ4v) is 1.89.